The minimum Gasteiger partial charge on any atom is -0.249 e. The number of fused-ring (bicyclic) bond motifs is 1. The van der Waals surface area contributed by atoms with Crippen molar-refractivity contribution in [1.82, 2.24) is 4.09 Å². The van der Waals surface area contributed by atoms with Gasteiger partial charge in [0.2, 0.25) is 0 Å². The zero-order valence-electron chi connectivity index (χ0n) is 5.81. The fraction of sp³-hybridized carbons (Fsp3) is 0. The zero-order chi connectivity index (χ0) is 8.72. The van der Waals surface area contributed by atoms with Gasteiger partial charge in [0.25, 0.3) is 0 Å². The molecule has 0 unspecified atom stereocenters. The molecule has 0 aliphatic rings. The molecule has 1 heterocycles. The van der Waals surface area contributed by atoms with E-state index < -0.39 is 0 Å². The van der Waals surface area contributed by atoms with E-state index in [0.29, 0.717) is 10.0 Å². The fourth-order valence-electron chi connectivity index (χ4n) is 1.10. The highest BCUT2D eigenvalue weighted by Crippen LogP contribution is 2.31. The molecule has 1 nitrogen and oxygen atoms in total. The summed E-state index contributed by atoms with van der Waals surface area (Å²) in [5, 5.41) is 1.79. The maximum atomic E-state index is 5.90. The lowest BCUT2D eigenvalue weighted by Crippen LogP contribution is -1.74. The SMILES string of the molecule is Clc1[c]n(Cl)c2cccc(Cl)c12. The van der Waals surface area contributed by atoms with Crippen molar-refractivity contribution in [3.8, 4) is 0 Å². The third-order valence-corrected chi connectivity index (χ3v) is 2.47. The number of nitrogens with zero attached hydrogens (tertiary/aromatic N) is 1. The highest BCUT2D eigenvalue weighted by Gasteiger charge is 2.08. The fourth-order valence-corrected chi connectivity index (χ4v) is 1.96. The standard InChI is InChI=1S/C8H3Cl3N/c9-5-2-1-3-7-8(5)6(10)4-12(7)11/h1-3H. The molecule has 0 aliphatic heterocycles. The molecule has 0 aliphatic carbocycles. The smallest absolute Gasteiger partial charge is 0.104 e. The summed E-state index contributed by atoms with van der Waals surface area (Å²) in [4.78, 5) is 0. The van der Waals surface area contributed by atoms with Crippen molar-refractivity contribution in [2.24, 2.45) is 0 Å². The maximum absolute atomic E-state index is 5.90. The predicted molar refractivity (Wildman–Crippen MR) is 52.0 cm³/mol. The monoisotopic (exact) mass is 218 g/mol. The number of hydrogen-bond donors (Lipinski definition) is 0. The maximum Gasteiger partial charge on any atom is 0.104 e. The number of rotatable bonds is 0. The van der Waals surface area contributed by atoms with Crippen LogP contribution in [0.2, 0.25) is 10.0 Å². The van der Waals surface area contributed by atoms with Crippen molar-refractivity contribution in [2.45, 2.75) is 0 Å². The van der Waals surface area contributed by atoms with Gasteiger partial charge in [0.05, 0.1) is 15.6 Å². The molecule has 0 bridgehead atoms. The van der Waals surface area contributed by atoms with Crippen LogP contribution in [-0.2, 0) is 0 Å². The van der Waals surface area contributed by atoms with Crippen LogP contribution in [0.15, 0.2) is 18.2 Å². The van der Waals surface area contributed by atoms with Crippen LogP contribution in [0.3, 0.4) is 0 Å². The van der Waals surface area contributed by atoms with E-state index in [4.69, 9.17) is 35.0 Å². The Morgan fingerprint density at radius 2 is 2.00 bits per heavy atom. The third kappa shape index (κ3) is 1.09. The Morgan fingerprint density at radius 3 is 2.67 bits per heavy atom. The minimum absolute atomic E-state index is 0.450. The molecule has 0 saturated carbocycles. The van der Waals surface area contributed by atoms with Crippen LogP contribution in [-0.4, -0.2) is 4.09 Å². The third-order valence-electron chi connectivity index (χ3n) is 1.62. The molecule has 1 radical (unpaired) electrons. The second-order valence-corrected chi connectivity index (χ2v) is 3.46. The van der Waals surface area contributed by atoms with Crippen LogP contribution in [0.5, 0.6) is 0 Å². The Morgan fingerprint density at radius 1 is 1.25 bits per heavy atom. The average molecular weight is 219 g/mol. The van der Waals surface area contributed by atoms with Gasteiger partial charge in [0.15, 0.2) is 0 Å². The topological polar surface area (TPSA) is 4.93 Å². The van der Waals surface area contributed by atoms with E-state index in [-0.39, 0.29) is 0 Å². The van der Waals surface area contributed by atoms with Crippen LogP contribution < -0.4 is 0 Å². The lowest BCUT2D eigenvalue weighted by Gasteiger charge is -1.93. The minimum atomic E-state index is 0.450. The van der Waals surface area contributed by atoms with Crippen LogP contribution in [0.1, 0.15) is 0 Å². The molecule has 12 heavy (non-hydrogen) atoms. The number of halogens is 3. The molecule has 0 fully saturated rings. The Balaban J connectivity index is 2.99. The first-order valence-electron chi connectivity index (χ1n) is 3.24. The van der Waals surface area contributed by atoms with Gasteiger partial charge in [-0.15, -0.1) is 0 Å². The first-order valence-corrected chi connectivity index (χ1v) is 4.33. The van der Waals surface area contributed by atoms with Gasteiger partial charge >= 0.3 is 0 Å². The Bertz CT molecular complexity index is 433. The second-order valence-electron chi connectivity index (χ2n) is 2.34. The predicted octanol–water partition coefficient (Wildman–Crippen LogP) is 3.75. The van der Waals surface area contributed by atoms with Crippen molar-refractivity contribution in [2.75, 3.05) is 0 Å². The summed E-state index contributed by atoms with van der Waals surface area (Å²) in [5.41, 5.74) is 0.772. The molecule has 61 valence electrons. The quantitative estimate of drug-likeness (QED) is 0.636. The normalized spacial score (nSPS) is 10.9. The van der Waals surface area contributed by atoms with Crippen molar-refractivity contribution < 1.29 is 0 Å². The van der Waals surface area contributed by atoms with Gasteiger partial charge in [0.1, 0.15) is 6.20 Å². The lowest BCUT2D eigenvalue weighted by atomic mass is 10.2. The Hall–Kier alpha value is -0.370. The largest absolute Gasteiger partial charge is 0.249 e. The van der Waals surface area contributed by atoms with Gasteiger partial charge in [-0.3, -0.25) is 0 Å². The molecule has 0 saturated heterocycles. The van der Waals surface area contributed by atoms with E-state index in [9.17, 15) is 0 Å². The molecule has 4 heteroatoms. The van der Waals surface area contributed by atoms with E-state index in [1.807, 2.05) is 12.1 Å². The van der Waals surface area contributed by atoms with Gasteiger partial charge in [-0.1, -0.05) is 29.3 Å². The van der Waals surface area contributed by atoms with Gasteiger partial charge in [0, 0.05) is 17.2 Å². The summed E-state index contributed by atoms with van der Waals surface area (Å²) in [6.07, 6.45) is 2.72. The molecule has 1 aromatic carbocycles. The molecule has 0 amide bonds. The Kier molecular flexibility index (Phi) is 1.95. The van der Waals surface area contributed by atoms with Gasteiger partial charge in [-0.2, -0.15) is 0 Å². The molecular weight excluding hydrogens is 216 g/mol. The van der Waals surface area contributed by atoms with E-state index in [2.05, 4.69) is 6.20 Å². The van der Waals surface area contributed by atoms with Crippen LogP contribution in [0.25, 0.3) is 10.9 Å². The number of aromatic nitrogens is 1. The van der Waals surface area contributed by atoms with E-state index in [1.165, 1.54) is 4.09 Å². The lowest BCUT2D eigenvalue weighted by molar-refractivity contribution is 1.31. The van der Waals surface area contributed by atoms with E-state index >= 15 is 0 Å². The Labute approximate surface area is 84.6 Å². The molecule has 2 rings (SSSR count). The van der Waals surface area contributed by atoms with Gasteiger partial charge in [-0.25, -0.2) is 4.09 Å². The van der Waals surface area contributed by atoms with Gasteiger partial charge in [-0.05, 0) is 12.1 Å². The van der Waals surface area contributed by atoms with Crippen molar-refractivity contribution in [3.05, 3.63) is 34.4 Å². The summed E-state index contributed by atoms with van der Waals surface area (Å²) in [6, 6.07) is 5.41. The summed E-state index contributed by atoms with van der Waals surface area (Å²) >= 11 is 17.5. The van der Waals surface area contributed by atoms with Crippen molar-refractivity contribution in [1.29, 1.82) is 0 Å². The molecule has 0 atom stereocenters. The summed E-state index contributed by atoms with van der Waals surface area (Å²) in [7, 11) is 0. The molecule has 2 aromatic rings. The molecule has 0 spiro atoms. The second kappa shape index (κ2) is 2.84. The molecule has 1 aromatic heterocycles. The average Bonchev–Trinajstić information content (AvgIpc) is 2.29. The first-order chi connectivity index (χ1) is 5.70. The molecular formula is C8H3Cl3N. The van der Waals surface area contributed by atoms with Crippen LogP contribution in [0, 0.1) is 6.20 Å². The number of hydrogen-bond acceptors (Lipinski definition) is 0. The number of benzene rings is 1. The summed E-state index contributed by atoms with van der Waals surface area (Å²) < 4.78 is 1.31. The highest BCUT2D eigenvalue weighted by atomic mass is 35.5. The van der Waals surface area contributed by atoms with Crippen LogP contribution in [0.4, 0.5) is 0 Å². The van der Waals surface area contributed by atoms with Crippen molar-refractivity contribution in [3.63, 3.8) is 0 Å². The molecule has 0 N–H and O–H groups in total. The van der Waals surface area contributed by atoms with E-state index in [0.717, 1.165) is 10.9 Å². The highest BCUT2D eigenvalue weighted by molar-refractivity contribution is 6.43. The van der Waals surface area contributed by atoms with Gasteiger partial charge < -0.3 is 0 Å². The van der Waals surface area contributed by atoms with E-state index in [1.54, 1.807) is 6.07 Å². The summed E-state index contributed by atoms with van der Waals surface area (Å²) in [5.74, 6) is 0. The zero-order valence-corrected chi connectivity index (χ0v) is 8.08. The first kappa shape index (κ1) is 8.24. The summed E-state index contributed by atoms with van der Waals surface area (Å²) in [6.45, 7) is 0. The van der Waals surface area contributed by atoms with Crippen molar-refractivity contribution >= 4 is 45.9 Å². The van der Waals surface area contributed by atoms with Crippen LogP contribution >= 0.6 is 35.0 Å².